The molecular formula is C63H114NO8+. The zero-order chi connectivity index (χ0) is 52.7. The molecule has 418 valence electrons. The standard InChI is InChI=1S/C63H113NO8/c1-6-8-10-12-14-16-18-20-22-24-25-26-27-28-29-30-31-32-33-34-35-36-37-38-40-42-44-46-48-50-52-54-61(66)72-59(58-71-63(62(67)68)69-56-55-64(3,4)5)57-70-60(65)53-51-49-47-45-43-41-39-23-21-19-17-15-13-11-9-7-2/h8,10,14,16,20,22,25-26,28-29,59,63H,6-7,9,11-13,15,17-19,21,23-24,27,30-58H2,1-5H3/p+1/b10-8-,16-14-,22-20-,26-25-,29-28-. The summed E-state index contributed by atoms with van der Waals surface area (Å²) in [4.78, 5) is 37.4. The maximum atomic E-state index is 12.9. The van der Waals surface area contributed by atoms with Crippen molar-refractivity contribution in [2.45, 2.75) is 277 Å². The van der Waals surface area contributed by atoms with Crippen LogP contribution in [0.3, 0.4) is 0 Å². The molecular weight excluding hydrogens is 899 g/mol. The second kappa shape index (κ2) is 54.3. The van der Waals surface area contributed by atoms with Crippen molar-refractivity contribution in [3.63, 3.8) is 0 Å². The average Bonchev–Trinajstić information content (AvgIpc) is 3.35. The average molecular weight is 1010 g/mol. The van der Waals surface area contributed by atoms with Crippen LogP contribution in [0.1, 0.15) is 264 Å². The number of hydrogen-bond acceptors (Lipinski definition) is 7. The summed E-state index contributed by atoms with van der Waals surface area (Å²) in [6, 6.07) is 0. The van der Waals surface area contributed by atoms with Crippen LogP contribution in [0.15, 0.2) is 60.8 Å². The Bertz CT molecular complexity index is 1360. The van der Waals surface area contributed by atoms with Crippen molar-refractivity contribution < 1.29 is 42.9 Å². The van der Waals surface area contributed by atoms with E-state index in [0.29, 0.717) is 17.4 Å². The van der Waals surface area contributed by atoms with Gasteiger partial charge in [0.05, 0.1) is 34.4 Å². The highest BCUT2D eigenvalue weighted by molar-refractivity contribution is 5.71. The Balaban J connectivity index is 4.14. The van der Waals surface area contributed by atoms with E-state index in [2.05, 4.69) is 74.6 Å². The summed E-state index contributed by atoms with van der Waals surface area (Å²) in [7, 11) is 5.97. The second-order valence-electron chi connectivity index (χ2n) is 21.3. The number of unbranched alkanes of at least 4 members (excludes halogenated alkanes) is 30. The SMILES string of the molecule is CC/C=C\C/C=C\C/C=C\C/C=C\C/C=C\CCCCCCCCCCCCCCCCCC(=O)OC(COC(=O)CCCCCCCCCCCCCCCCCC)COC(OCC[N+](C)(C)C)C(=O)O. The van der Waals surface area contributed by atoms with Crippen molar-refractivity contribution in [3.05, 3.63) is 60.8 Å². The molecule has 0 rings (SSSR count). The molecule has 72 heavy (non-hydrogen) atoms. The van der Waals surface area contributed by atoms with Crippen molar-refractivity contribution in [2.24, 2.45) is 0 Å². The summed E-state index contributed by atoms with van der Waals surface area (Å²) < 4.78 is 22.9. The van der Waals surface area contributed by atoms with E-state index in [1.807, 2.05) is 21.1 Å². The number of aliphatic carboxylic acids is 1. The highest BCUT2D eigenvalue weighted by atomic mass is 16.7. The van der Waals surface area contributed by atoms with Crippen molar-refractivity contribution in [2.75, 3.05) is 47.5 Å². The molecule has 0 aromatic carbocycles. The number of likely N-dealkylation sites (N-methyl/N-ethyl adjacent to an activating group) is 1. The molecule has 0 aromatic rings. The van der Waals surface area contributed by atoms with Gasteiger partial charge in [0.2, 0.25) is 0 Å². The second-order valence-corrected chi connectivity index (χ2v) is 21.3. The number of rotatable bonds is 55. The number of carbonyl (C=O) groups excluding carboxylic acids is 2. The van der Waals surface area contributed by atoms with Crippen LogP contribution in [0, 0.1) is 0 Å². The van der Waals surface area contributed by atoms with Gasteiger partial charge in [-0.05, 0) is 57.8 Å². The molecule has 0 aliphatic rings. The third kappa shape index (κ3) is 54.8. The number of carboxylic acids is 1. The number of carboxylic acid groups (broad SMARTS) is 1. The van der Waals surface area contributed by atoms with E-state index in [4.69, 9.17) is 18.9 Å². The summed E-state index contributed by atoms with van der Waals surface area (Å²) in [5, 5.41) is 9.70. The summed E-state index contributed by atoms with van der Waals surface area (Å²) in [6.45, 7) is 4.79. The summed E-state index contributed by atoms with van der Waals surface area (Å²) in [6.07, 6.45) is 65.9. The maximum absolute atomic E-state index is 12.9. The van der Waals surface area contributed by atoms with Gasteiger partial charge in [0.1, 0.15) is 13.2 Å². The molecule has 0 heterocycles. The zero-order valence-corrected chi connectivity index (χ0v) is 47.6. The molecule has 0 bridgehead atoms. The van der Waals surface area contributed by atoms with Gasteiger partial charge in [0.15, 0.2) is 6.10 Å². The Kier molecular flexibility index (Phi) is 52.0. The first kappa shape index (κ1) is 69.0. The van der Waals surface area contributed by atoms with E-state index >= 15 is 0 Å². The van der Waals surface area contributed by atoms with Crippen LogP contribution in [-0.2, 0) is 33.3 Å². The molecule has 0 radical (unpaired) electrons. The molecule has 0 aliphatic heterocycles. The number of nitrogens with zero attached hydrogens (tertiary/aromatic N) is 1. The van der Waals surface area contributed by atoms with Crippen molar-refractivity contribution in [1.82, 2.24) is 0 Å². The molecule has 2 atom stereocenters. The number of ether oxygens (including phenoxy) is 4. The van der Waals surface area contributed by atoms with Crippen LogP contribution in [0.25, 0.3) is 0 Å². The lowest BCUT2D eigenvalue weighted by Gasteiger charge is -2.25. The maximum Gasteiger partial charge on any atom is 0.361 e. The molecule has 0 amide bonds. The number of esters is 2. The van der Waals surface area contributed by atoms with Gasteiger partial charge >= 0.3 is 17.9 Å². The lowest BCUT2D eigenvalue weighted by molar-refractivity contribution is -0.870. The first-order valence-corrected chi connectivity index (χ1v) is 30.0. The lowest BCUT2D eigenvalue weighted by Crippen LogP contribution is -2.40. The van der Waals surface area contributed by atoms with Crippen molar-refractivity contribution in [3.8, 4) is 0 Å². The van der Waals surface area contributed by atoms with Crippen LogP contribution >= 0.6 is 0 Å². The van der Waals surface area contributed by atoms with E-state index in [1.54, 1.807) is 0 Å². The van der Waals surface area contributed by atoms with Crippen LogP contribution in [0.2, 0.25) is 0 Å². The van der Waals surface area contributed by atoms with Gasteiger partial charge in [0, 0.05) is 12.8 Å². The van der Waals surface area contributed by atoms with Crippen LogP contribution in [0.4, 0.5) is 0 Å². The van der Waals surface area contributed by atoms with E-state index in [1.165, 1.54) is 167 Å². The Morgan fingerprint density at radius 2 is 0.792 bits per heavy atom. The fourth-order valence-corrected chi connectivity index (χ4v) is 8.45. The van der Waals surface area contributed by atoms with Gasteiger partial charge in [-0.1, -0.05) is 254 Å². The minimum absolute atomic E-state index is 0.179. The minimum atomic E-state index is -1.51. The predicted molar refractivity (Wildman–Crippen MR) is 304 cm³/mol. The van der Waals surface area contributed by atoms with Gasteiger partial charge in [-0.3, -0.25) is 9.59 Å². The molecule has 9 heteroatoms. The minimum Gasteiger partial charge on any atom is -0.477 e. The first-order valence-electron chi connectivity index (χ1n) is 30.0. The highest BCUT2D eigenvalue weighted by Crippen LogP contribution is 2.17. The number of carbonyl (C=O) groups is 3. The number of hydrogen-bond donors (Lipinski definition) is 1. The molecule has 0 aromatic heterocycles. The molecule has 0 saturated carbocycles. The smallest absolute Gasteiger partial charge is 0.361 e. The third-order valence-corrected chi connectivity index (χ3v) is 13.0. The van der Waals surface area contributed by atoms with Crippen LogP contribution in [-0.4, -0.2) is 87.4 Å². The van der Waals surface area contributed by atoms with E-state index in [0.717, 1.165) is 70.6 Å². The summed E-state index contributed by atoms with van der Waals surface area (Å²) >= 11 is 0. The van der Waals surface area contributed by atoms with Crippen LogP contribution < -0.4 is 0 Å². The molecule has 0 spiro atoms. The molecule has 1 N–H and O–H groups in total. The monoisotopic (exact) mass is 1010 g/mol. The normalized spacial score (nSPS) is 13.2. The number of allylic oxidation sites excluding steroid dienone is 10. The van der Waals surface area contributed by atoms with E-state index < -0.39 is 24.3 Å². The Labute approximate surface area is 444 Å². The molecule has 0 aliphatic carbocycles. The Hall–Kier alpha value is -3.01. The van der Waals surface area contributed by atoms with E-state index in [9.17, 15) is 19.5 Å². The third-order valence-electron chi connectivity index (χ3n) is 13.0. The lowest BCUT2D eigenvalue weighted by atomic mass is 10.0. The van der Waals surface area contributed by atoms with Crippen molar-refractivity contribution in [1.29, 1.82) is 0 Å². The van der Waals surface area contributed by atoms with Gasteiger partial charge in [-0.25, -0.2) is 4.79 Å². The Morgan fingerprint density at radius 1 is 0.431 bits per heavy atom. The van der Waals surface area contributed by atoms with Gasteiger partial charge in [0.25, 0.3) is 6.29 Å². The zero-order valence-electron chi connectivity index (χ0n) is 47.6. The summed E-state index contributed by atoms with van der Waals surface area (Å²) in [5.41, 5.74) is 0. The van der Waals surface area contributed by atoms with Crippen LogP contribution in [0.5, 0.6) is 0 Å². The van der Waals surface area contributed by atoms with E-state index in [-0.39, 0.29) is 32.2 Å². The topological polar surface area (TPSA) is 108 Å². The first-order chi connectivity index (χ1) is 35.1. The molecule has 0 saturated heterocycles. The predicted octanol–water partition coefficient (Wildman–Crippen LogP) is 17.6. The molecule has 0 fully saturated rings. The highest BCUT2D eigenvalue weighted by Gasteiger charge is 2.25. The fraction of sp³-hybridized carbons (Fsp3) is 0.794. The quantitative estimate of drug-likeness (QED) is 0.0211. The Morgan fingerprint density at radius 3 is 1.18 bits per heavy atom. The fourth-order valence-electron chi connectivity index (χ4n) is 8.45. The molecule has 9 nitrogen and oxygen atoms in total. The summed E-state index contributed by atoms with van der Waals surface area (Å²) in [5.74, 6) is -1.99. The van der Waals surface area contributed by atoms with Gasteiger partial charge in [-0.15, -0.1) is 0 Å². The largest absolute Gasteiger partial charge is 0.477 e. The van der Waals surface area contributed by atoms with Gasteiger partial charge < -0.3 is 28.5 Å². The molecule has 2 unspecified atom stereocenters. The van der Waals surface area contributed by atoms with Crippen molar-refractivity contribution >= 4 is 17.9 Å². The van der Waals surface area contributed by atoms with Gasteiger partial charge in [-0.2, -0.15) is 0 Å². The number of quaternary nitrogens is 1.